The fourth-order valence-corrected chi connectivity index (χ4v) is 3.47. The van der Waals surface area contributed by atoms with Crippen molar-refractivity contribution in [1.29, 1.82) is 0 Å². The summed E-state index contributed by atoms with van der Waals surface area (Å²) in [5.41, 5.74) is 2.77. The third-order valence-corrected chi connectivity index (χ3v) is 5.06. The maximum absolute atomic E-state index is 13.2. The summed E-state index contributed by atoms with van der Waals surface area (Å²) in [6.07, 6.45) is 0. The summed E-state index contributed by atoms with van der Waals surface area (Å²) in [5.74, 6) is -0.447. The molecule has 0 unspecified atom stereocenters. The molecule has 2 atom stereocenters. The molecule has 0 aliphatic carbocycles. The van der Waals surface area contributed by atoms with E-state index in [9.17, 15) is 9.18 Å². The molecule has 3 aromatic carbocycles. The number of anilines is 1. The van der Waals surface area contributed by atoms with Gasteiger partial charge >= 0.3 is 0 Å². The molecule has 3 aromatic rings. The molecular weight excluding hydrogens is 365 g/mol. The predicted octanol–water partition coefficient (Wildman–Crippen LogP) is 1.95. The van der Waals surface area contributed by atoms with Crippen LogP contribution in [0.1, 0.15) is 23.2 Å². The van der Waals surface area contributed by atoms with Crippen LogP contribution in [-0.2, 0) is 4.79 Å². The van der Waals surface area contributed by atoms with E-state index in [0.29, 0.717) is 5.69 Å². The van der Waals surface area contributed by atoms with E-state index >= 15 is 0 Å². The van der Waals surface area contributed by atoms with Crippen LogP contribution in [-0.4, -0.2) is 26.5 Å². The molecule has 0 saturated carbocycles. The molecule has 29 heavy (non-hydrogen) atoms. The van der Waals surface area contributed by atoms with Crippen molar-refractivity contribution in [1.82, 2.24) is 0 Å². The first-order valence-corrected chi connectivity index (χ1v) is 9.84. The number of carbonyl (C=O) groups is 1. The van der Waals surface area contributed by atoms with E-state index in [2.05, 4.69) is 36.9 Å². The lowest BCUT2D eigenvalue weighted by Crippen LogP contribution is -3.10. The lowest BCUT2D eigenvalue weighted by atomic mass is 10.0. The van der Waals surface area contributed by atoms with Crippen molar-refractivity contribution in [2.45, 2.75) is 12.1 Å². The summed E-state index contributed by atoms with van der Waals surface area (Å²) >= 11 is 0. The molecule has 4 nitrogen and oxygen atoms in total. The minimum absolute atomic E-state index is 0.122. The number of nitrogens with one attached hydrogen (secondary N) is 2. The third-order valence-electron chi connectivity index (χ3n) is 5.06. The smallest absolute Gasteiger partial charge is 0.287 e. The monoisotopic (exact) mass is 393 g/mol. The third kappa shape index (κ3) is 5.73. The summed E-state index contributed by atoms with van der Waals surface area (Å²) in [5, 5.41) is 5.00. The first kappa shape index (κ1) is 20.7. The standard InChI is InChI=1S/C24H26FN3O/c1-28(2)22(18-9-5-3-6-10-18)17-26-23(19-11-7-4-8-12-19)24(29)27-21-15-13-20(25)14-16-21/h3-16,22-23,26H,17H2,1-2H3,(H,27,29)/p+2/t22-,23+/m0/s1. The highest BCUT2D eigenvalue weighted by molar-refractivity contribution is 5.94. The molecule has 150 valence electrons. The number of benzene rings is 3. The zero-order chi connectivity index (χ0) is 20.6. The van der Waals surface area contributed by atoms with E-state index in [1.807, 2.05) is 48.5 Å². The molecule has 0 fully saturated rings. The number of likely N-dealkylation sites (N-methyl/N-ethyl adjacent to an activating group) is 1. The molecule has 4 N–H and O–H groups in total. The average Bonchev–Trinajstić information content (AvgIpc) is 2.74. The van der Waals surface area contributed by atoms with Crippen LogP contribution in [0.25, 0.3) is 0 Å². The van der Waals surface area contributed by atoms with Gasteiger partial charge in [-0.05, 0) is 24.3 Å². The fourth-order valence-electron chi connectivity index (χ4n) is 3.47. The van der Waals surface area contributed by atoms with Crippen molar-refractivity contribution in [3.05, 3.63) is 102 Å². The Balaban J connectivity index is 1.78. The first-order chi connectivity index (χ1) is 14.0. The van der Waals surface area contributed by atoms with Crippen LogP contribution in [0, 0.1) is 5.82 Å². The summed E-state index contributed by atoms with van der Waals surface area (Å²) in [4.78, 5) is 14.4. The minimum Gasteiger partial charge on any atom is -0.329 e. The molecule has 1 amide bonds. The molecule has 0 bridgehead atoms. The SMILES string of the molecule is C[NH+](C)[C@@H](C[NH2+][C@@H](C(=O)Nc1ccc(F)cc1)c1ccccc1)c1ccccc1. The summed E-state index contributed by atoms with van der Waals surface area (Å²) in [6.45, 7) is 0.753. The molecule has 3 rings (SSSR count). The number of rotatable bonds is 8. The van der Waals surface area contributed by atoms with Crippen LogP contribution in [0.3, 0.4) is 0 Å². The second-order valence-electron chi connectivity index (χ2n) is 7.40. The number of amides is 1. The number of nitrogens with two attached hydrogens (primary N) is 1. The molecule has 5 heteroatoms. The van der Waals surface area contributed by atoms with Gasteiger partial charge in [-0.1, -0.05) is 60.7 Å². The zero-order valence-corrected chi connectivity index (χ0v) is 16.8. The maximum atomic E-state index is 13.2. The Kier molecular flexibility index (Phi) is 7.11. The molecule has 0 saturated heterocycles. The second-order valence-corrected chi connectivity index (χ2v) is 7.40. The van der Waals surface area contributed by atoms with Gasteiger partial charge in [-0.2, -0.15) is 0 Å². The van der Waals surface area contributed by atoms with Gasteiger partial charge in [0.1, 0.15) is 12.4 Å². The zero-order valence-electron chi connectivity index (χ0n) is 16.8. The molecule has 0 radical (unpaired) electrons. The predicted molar refractivity (Wildman–Crippen MR) is 113 cm³/mol. The number of halogens is 1. The highest BCUT2D eigenvalue weighted by Crippen LogP contribution is 2.14. The van der Waals surface area contributed by atoms with Crippen LogP contribution in [0.15, 0.2) is 84.9 Å². The van der Waals surface area contributed by atoms with Crippen LogP contribution in [0.2, 0.25) is 0 Å². The van der Waals surface area contributed by atoms with Crippen LogP contribution < -0.4 is 15.5 Å². The van der Waals surface area contributed by atoms with Gasteiger partial charge < -0.3 is 15.5 Å². The van der Waals surface area contributed by atoms with Gasteiger partial charge in [0.25, 0.3) is 5.91 Å². The highest BCUT2D eigenvalue weighted by Gasteiger charge is 2.28. The molecule has 0 aliphatic rings. The summed E-state index contributed by atoms with van der Waals surface area (Å²) in [6, 6.07) is 25.8. The van der Waals surface area contributed by atoms with Crippen molar-refractivity contribution >= 4 is 11.6 Å². The fraction of sp³-hybridized carbons (Fsp3) is 0.208. The van der Waals surface area contributed by atoms with E-state index < -0.39 is 6.04 Å². The van der Waals surface area contributed by atoms with Crippen molar-refractivity contribution in [3.8, 4) is 0 Å². The van der Waals surface area contributed by atoms with Gasteiger partial charge in [-0.15, -0.1) is 0 Å². The van der Waals surface area contributed by atoms with Crippen molar-refractivity contribution in [2.75, 3.05) is 26.0 Å². The minimum atomic E-state index is -0.396. The van der Waals surface area contributed by atoms with Gasteiger partial charge in [-0.25, -0.2) is 4.39 Å². The van der Waals surface area contributed by atoms with Crippen molar-refractivity contribution in [2.24, 2.45) is 0 Å². The molecule has 0 spiro atoms. The number of carbonyl (C=O) groups excluding carboxylic acids is 1. The second kappa shape index (κ2) is 9.96. The summed E-state index contributed by atoms with van der Waals surface area (Å²) in [7, 11) is 4.25. The van der Waals surface area contributed by atoms with Gasteiger partial charge in [0, 0.05) is 16.8 Å². The van der Waals surface area contributed by atoms with Gasteiger partial charge in [0.15, 0.2) is 12.1 Å². The normalized spacial score (nSPS) is 13.1. The van der Waals surface area contributed by atoms with Gasteiger partial charge in [-0.3, -0.25) is 4.79 Å². The topological polar surface area (TPSA) is 50.2 Å². The average molecular weight is 394 g/mol. The van der Waals surface area contributed by atoms with E-state index in [4.69, 9.17) is 0 Å². The Morgan fingerprint density at radius 3 is 2.00 bits per heavy atom. The molecule has 0 heterocycles. The molecule has 0 aromatic heterocycles. The van der Waals surface area contributed by atoms with Gasteiger partial charge in [0.05, 0.1) is 14.1 Å². The lowest BCUT2D eigenvalue weighted by molar-refractivity contribution is -0.911. The van der Waals surface area contributed by atoms with Crippen LogP contribution >= 0.6 is 0 Å². The van der Waals surface area contributed by atoms with E-state index in [1.54, 1.807) is 12.1 Å². The number of hydrogen-bond donors (Lipinski definition) is 3. The Morgan fingerprint density at radius 1 is 0.897 bits per heavy atom. The van der Waals surface area contributed by atoms with E-state index in [1.165, 1.54) is 22.6 Å². The van der Waals surface area contributed by atoms with E-state index in [-0.39, 0.29) is 17.8 Å². The van der Waals surface area contributed by atoms with Crippen molar-refractivity contribution in [3.63, 3.8) is 0 Å². The number of hydrogen-bond acceptors (Lipinski definition) is 1. The van der Waals surface area contributed by atoms with Crippen LogP contribution in [0.5, 0.6) is 0 Å². The summed E-state index contributed by atoms with van der Waals surface area (Å²) < 4.78 is 13.2. The quantitative estimate of drug-likeness (QED) is 0.538. The number of quaternary nitrogens is 2. The van der Waals surface area contributed by atoms with Crippen LogP contribution in [0.4, 0.5) is 10.1 Å². The lowest BCUT2D eigenvalue weighted by Gasteiger charge is -2.23. The highest BCUT2D eigenvalue weighted by atomic mass is 19.1. The van der Waals surface area contributed by atoms with Gasteiger partial charge in [0.2, 0.25) is 0 Å². The Hall–Kier alpha value is -3.02. The molecular formula is C24H28FN3O+2. The Labute approximate surface area is 171 Å². The Bertz CT molecular complexity index is 898. The van der Waals surface area contributed by atoms with Crippen molar-refractivity contribution < 1.29 is 19.4 Å². The maximum Gasteiger partial charge on any atom is 0.287 e. The largest absolute Gasteiger partial charge is 0.329 e. The molecule has 0 aliphatic heterocycles. The Morgan fingerprint density at radius 2 is 1.45 bits per heavy atom. The van der Waals surface area contributed by atoms with E-state index in [0.717, 1.165) is 12.1 Å². The first-order valence-electron chi connectivity index (χ1n) is 9.84.